The minimum absolute atomic E-state index is 0.217. The van der Waals surface area contributed by atoms with Crippen molar-refractivity contribution in [2.75, 3.05) is 20.3 Å². The van der Waals surface area contributed by atoms with Gasteiger partial charge in [0.05, 0.1) is 12.6 Å². The maximum atomic E-state index is 13.0. The maximum absolute atomic E-state index is 13.0. The summed E-state index contributed by atoms with van der Waals surface area (Å²) in [4.78, 5) is 11.8. The van der Waals surface area contributed by atoms with Gasteiger partial charge >= 0.3 is 0 Å². The van der Waals surface area contributed by atoms with E-state index in [-0.39, 0.29) is 18.2 Å². The Morgan fingerprint density at radius 2 is 1.95 bits per heavy atom. The highest BCUT2D eigenvalue weighted by Gasteiger charge is 2.17. The van der Waals surface area contributed by atoms with Crippen LogP contribution in [0.5, 0.6) is 0 Å². The minimum atomic E-state index is -1.60. The van der Waals surface area contributed by atoms with Gasteiger partial charge in [-0.25, -0.2) is 13.2 Å². The molecule has 0 spiro atoms. The molecular formula is C12H15F3N2O2. The number of ether oxygens (including phenoxy) is 1. The van der Waals surface area contributed by atoms with Crippen molar-refractivity contribution in [1.29, 1.82) is 0 Å². The summed E-state index contributed by atoms with van der Waals surface area (Å²) < 4.78 is 43.6. The maximum Gasteiger partial charge on any atom is 0.251 e. The molecule has 1 aromatic rings. The lowest BCUT2D eigenvalue weighted by atomic mass is 10.1. The number of nitrogens with two attached hydrogens (primary N) is 1. The van der Waals surface area contributed by atoms with Crippen molar-refractivity contribution >= 4 is 5.91 Å². The molecule has 19 heavy (non-hydrogen) atoms. The summed E-state index contributed by atoms with van der Waals surface area (Å²) in [5.74, 6) is -5.14. The van der Waals surface area contributed by atoms with Crippen LogP contribution >= 0.6 is 0 Å². The second-order valence-electron chi connectivity index (χ2n) is 3.96. The van der Waals surface area contributed by atoms with Crippen molar-refractivity contribution in [2.45, 2.75) is 12.5 Å². The lowest BCUT2D eigenvalue weighted by Gasteiger charge is -2.17. The molecule has 1 unspecified atom stereocenters. The summed E-state index contributed by atoms with van der Waals surface area (Å²) in [7, 11) is 1.45. The first-order valence-electron chi connectivity index (χ1n) is 5.64. The number of benzene rings is 1. The number of methoxy groups -OCH3 is 1. The van der Waals surface area contributed by atoms with Gasteiger partial charge in [-0.2, -0.15) is 0 Å². The van der Waals surface area contributed by atoms with Gasteiger partial charge in [0.25, 0.3) is 5.91 Å². The number of hydrogen-bond donors (Lipinski definition) is 2. The molecule has 0 bridgehead atoms. The fourth-order valence-electron chi connectivity index (χ4n) is 1.55. The van der Waals surface area contributed by atoms with Gasteiger partial charge in [0, 0.05) is 12.7 Å². The Balaban J connectivity index is 2.82. The van der Waals surface area contributed by atoms with Crippen LogP contribution in [-0.2, 0) is 4.74 Å². The van der Waals surface area contributed by atoms with Crippen molar-refractivity contribution in [3.05, 3.63) is 35.1 Å². The number of hydrogen-bond acceptors (Lipinski definition) is 3. The molecule has 4 nitrogen and oxygen atoms in total. The summed E-state index contributed by atoms with van der Waals surface area (Å²) in [5, 5.41) is 2.51. The summed E-state index contributed by atoms with van der Waals surface area (Å²) >= 11 is 0. The van der Waals surface area contributed by atoms with Gasteiger partial charge in [0.1, 0.15) is 0 Å². The van der Waals surface area contributed by atoms with Crippen LogP contribution < -0.4 is 11.1 Å². The molecule has 3 N–H and O–H groups in total. The van der Waals surface area contributed by atoms with E-state index in [0.717, 1.165) is 0 Å². The lowest BCUT2D eigenvalue weighted by Crippen LogP contribution is -2.39. The zero-order chi connectivity index (χ0) is 14.4. The third-order valence-electron chi connectivity index (χ3n) is 2.46. The van der Waals surface area contributed by atoms with E-state index >= 15 is 0 Å². The van der Waals surface area contributed by atoms with Crippen molar-refractivity contribution in [2.24, 2.45) is 5.73 Å². The van der Waals surface area contributed by atoms with Gasteiger partial charge in [0.2, 0.25) is 0 Å². The van der Waals surface area contributed by atoms with Gasteiger partial charge in [-0.1, -0.05) is 0 Å². The molecule has 0 aromatic heterocycles. The van der Waals surface area contributed by atoms with Crippen LogP contribution in [0.15, 0.2) is 12.1 Å². The normalized spacial score (nSPS) is 12.3. The van der Waals surface area contributed by atoms with Gasteiger partial charge in [-0.15, -0.1) is 0 Å². The Labute approximate surface area is 108 Å². The molecule has 0 aliphatic carbocycles. The van der Waals surface area contributed by atoms with E-state index < -0.39 is 23.4 Å². The first-order valence-corrected chi connectivity index (χ1v) is 5.64. The fraction of sp³-hybridized carbons (Fsp3) is 0.417. The van der Waals surface area contributed by atoms with Crippen molar-refractivity contribution in [3.63, 3.8) is 0 Å². The first-order chi connectivity index (χ1) is 8.99. The monoisotopic (exact) mass is 276 g/mol. The second kappa shape index (κ2) is 7.10. The zero-order valence-electron chi connectivity index (χ0n) is 10.4. The van der Waals surface area contributed by atoms with Crippen LogP contribution in [0.25, 0.3) is 0 Å². The highest BCUT2D eigenvalue weighted by atomic mass is 19.2. The second-order valence-corrected chi connectivity index (χ2v) is 3.96. The van der Waals surface area contributed by atoms with E-state index in [1.54, 1.807) is 0 Å². The van der Waals surface area contributed by atoms with E-state index in [4.69, 9.17) is 10.5 Å². The van der Waals surface area contributed by atoms with Crippen LogP contribution in [0, 0.1) is 17.5 Å². The van der Waals surface area contributed by atoms with Crippen molar-refractivity contribution < 1.29 is 22.7 Å². The van der Waals surface area contributed by atoms with E-state index in [1.165, 1.54) is 7.11 Å². The molecule has 0 heterocycles. The van der Waals surface area contributed by atoms with Gasteiger partial charge in [-0.05, 0) is 25.1 Å². The Morgan fingerprint density at radius 3 is 2.42 bits per heavy atom. The smallest absolute Gasteiger partial charge is 0.251 e. The predicted octanol–water partition coefficient (Wildman–Crippen LogP) is 1.20. The molecule has 0 fully saturated rings. The quantitative estimate of drug-likeness (QED) is 0.767. The van der Waals surface area contributed by atoms with Gasteiger partial charge < -0.3 is 15.8 Å². The van der Waals surface area contributed by atoms with Gasteiger partial charge in [0.15, 0.2) is 17.5 Å². The molecule has 1 amide bonds. The first kappa shape index (κ1) is 15.5. The van der Waals surface area contributed by atoms with E-state index in [9.17, 15) is 18.0 Å². The van der Waals surface area contributed by atoms with Crippen molar-refractivity contribution in [3.8, 4) is 0 Å². The Bertz CT molecular complexity index is 426. The Hall–Kier alpha value is -1.60. The summed E-state index contributed by atoms with van der Waals surface area (Å²) in [5.41, 5.74) is 5.07. The number of halogens is 3. The highest BCUT2D eigenvalue weighted by molar-refractivity contribution is 5.94. The molecule has 7 heteroatoms. The standard InChI is InChI=1S/C12H15F3N2O2/c1-19-6-8(2-3-16)17-12(18)7-4-9(13)11(15)10(14)5-7/h4-5,8H,2-3,6,16H2,1H3,(H,17,18). The zero-order valence-corrected chi connectivity index (χ0v) is 10.4. The number of amides is 1. The average Bonchev–Trinajstić information content (AvgIpc) is 2.35. The Kier molecular flexibility index (Phi) is 5.78. The van der Waals surface area contributed by atoms with Crippen LogP contribution in [0.3, 0.4) is 0 Å². The topological polar surface area (TPSA) is 64.3 Å². The largest absolute Gasteiger partial charge is 0.383 e. The highest BCUT2D eigenvalue weighted by Crippen LogP contribution is 2.13. The molecular weight excluding hydrogens is 261 g/mol. The summed E-state index contributed by atoms with van der Waals surface area (Å²) in [6, 6.07) is 0.902. The molecule has 0 aliphatic rings. The van der Waals surface area contributed by atoms with Crippen LogP contribution in [0.2, 0.25) is 0 Å². The average molecular weight is 276 g/mol. The fourth-order valence-corrected chi connectivity index (χ4v) is 1.55. The molecule has 1 rings (SSSR count). The van der Waals surface area contributed by atoms with Crippen LogP contribution in [0.1, 0.15) is 16.8 Å². The third kappa shape index (κ3) is 4.22. The number of carbonyl (C=O) groups is 1. The van der Waals surface area contributed by atoms with E-state index in [2.05, 4.69) is 5.32 Å². The lowest BCUT2D eigenvalue weighted by molar-refractivity contribution is 0.0892. The Morgan fingerprint density at radius 1 is 1.37 bits per heavy atom. The molecule has 0 saturated carbocycles. The van der Waals surface area contributed by atoms with Crippen LogP contribution in [-0.4, -0.2) is 32.2 Å². The number of rotatable bonds is 6. The molecule has 106 valence electrons. The SMILES string of the molecule is COCC(CCN)NC(=O)c1cc(F)c(F)c(F)c1. The molecule has 1 aromatic carbocycles. The predicted molar refractivity (Wildman–Crippen MR) is 63.1 cm³/mol. The summed E-state index contributed by atoms with van der Waals surface area (Å²) in [6.45, 7) is 0.537. The molecule has 0 saturated heterocycles. The number of nitrogens with one attached hydrogen (secondary N) is 1. The minimum Gasteiger partial charge on any atom is -0.383 e. The molecule has 1 atom stereocenters. The van der Waals surface area contributed by atoms with Gasteiger partial charge in [-0.3, -0.25) is 4.79 Å². The van der Waals surface area contributed by atoms with E-state index in [0.29, 0.717) is 25.1 Å². The summed E-state index contributed by atoms with van der Waals surface area (Å²) in [6.07, 6.45) is 0.450. The van der Waals surface area contributed by atoms with E-state index in [1.807, 2.05) is 0 Å². The van der Waals surface area contributed by atoms with Crippen molar-refractivity contribution in [1.82, 2.24) is 5.32 Å². The molecule has 0 aliphatic heterocycles. The van der Waals surface area contributed by atoms with Crippen LogP contribution in [0.4, 0.5) is 13.2 Å². The third-order valence-corrected chi connectivity index (χ3v) is 2.46. The number of carbonyl (C=O) groups excluding carboxylic acids is 1. The molecule has 0 radical (unpaired) electrons.